The topological polar surface area (TPSA) is 51.0 Å². The zero-order chi connectivity index (χ0) is 15.9. The quantitative estimate of drug-likeness (QED) is 0.847. The van der Waals surface area contributed by atoms with Gasteiger partial charge in [0.1, 0.15) is 5.75 Å². The smallest absolute Gasteiger partial charge is 0.193 e. The Morgan fingerprint density at radius 3 is 2.70 bits per heavy atom. The van der Waals surface area contributed by atoms with Crippen LogP contribution in [0.1, 0.15) is 33.8 Å². The number of rotatable bonds is 2. The first-order valence-corrected chi connectivity index (χ1v) is 7.90. The van der Waals surface area contributed by atoms with Crippen LogP contribution in [0.3, 0.4) is 0 Å². The summed E-state index contributed by atoms with van der Waals surface area (Å²) in [6.07, 6.45) is 1.59. The zero-order valence-electron chi connectivity index (χ0n) is 13.0. The number of hydrogen-bond donors (Lipinski definition) is 0. The van der Waals surface area contributed by atoms with Gasteiger partial charge in [0.05, 0.1) is 13.7 Å². The average Bonchev–Trinajstić information content (AvgIpc) is 3.03. The van der Waals surface area contributed by atoms with Crippen LogP contribution in [-0.4, -0.2) is 25.0 Å². The van der Waals surface area contributed by atoms with Gasteiger partial charge in [-0.3, -0.25) is 4.79 Å². The van der Waals surface area contributed by atoms with E-state index < -0.39 is 5.54 Å². The molecule has 1 spiro atoms. The van der Waals surface area contributed by atoms with Gasteiger partial charge in [0, 0.05) is 11.5 Å². The van der Waals surface area contributed by atoms with Crippen LogP contribution in [0, 0.1) is 0 Å². The zero-order valence-corrected chi connectivity index (χ0v) is 13.0. The Balaban J connectivity index is 1.74. The molecule has 0 bridgehead atoms. The van der Waals surface area contributed by atoms with E-state index in [1.165, 1.54) is 0 Å². The molecular weight excluding hydrogens is 288 g/mol. The van der Waals surface area contributed by atoms with Crippen molar-refractivity contribution in [1.29, 1.82) is 0 Å². The van der Waals surface area contributed by atoms with Crippen molar-refractivity contribution in [2.75, 3.05) is 13.7 Å². The van der Waals surface area contributed by atoms with Crippen LogP contribution in [0.4, 0.5) is 0 Å². The molecule has 116 valence electrons. The van der Waals surface area contributed by atoms with E-state index in [1.807, 2.05) is 48.5 Å². The fraction of sp³-hybridized carbons (Fsp3) is 0.316. The number of nitrogens with zero attached hydrogens (tertiary/aromatic N) is 2. The minimum atomic E-state index is -0.733. The van der Waals surface area contributed by atoms with E-state index in [0.29, 0.717) is 6.54 Å². The number of ether oxygens (including phenoxy) is 1. The Morgan fingerprint density at radius 1 is 1.13 bits per heavy atom. The minimum Gasteiger partial charge on any atom is -0.497 e. The Kier molecular flexibility index (Phi) is 3.26. The van der Waals surface area contributed by atoms with Crippen molar-refractivity contribution in [2.24, 2.45) is 10.2 Å². The van der Waals surface area contributed by atoms with Gasteiger partial charge in [0.2, 0.25) is 0 Å². The van der Waals surface area contributed by atoms with Crippen molar-refractivity contribution in [2.45, 2.75) is 24.3 Å². The van der Waals surface area contributed by atoms with Crippen LogP contribution < -0.4 is 4.74 Å². The molecule has 0 amide bonds. The number of azo groups is 1. The minimum absolute atomic E-state index is 0.00858. The van der Waals surface area contributed by atoms with Crippen molar-refractivity contribution >= 4 is 5.78 Å². The molecule has 0 saturated carbocycles. The molecule has 0 fully saturated rings. The molecule has 1 aliphatic carbocycles. The number of methoxy groups -OCH3 is 1. The number of fused-ring (bicyclic) bond motifs is 1. The first-order chi connectivity index (χ1) is 11.2. The fourth-order valence-electron chi connectivity index (χ4n) is 3.75. The molecule has 0 radical (unpaired) electrons. The van der Waals surface area contributed by atoms with Crippen LogP contribution >= 0.6 is 0 Å². The molecule has 2 atom stereocenters. The summed E-state index contributed by atoms with van der Waals surface area (Å²) in [7, 11) is 1.65. The number of hydrogen-bond acceptors (Lipinski definition) is 4. The highest BCUT2D eigenvalue weighted by Crippen LogP contribution is 2.45. The third kappa shape index (κ3) is 2.09. The second-order valence-electron chi connectivity index (χ2n) is 6.16. The molecule has 2 aromatic carbocycles. The van der Waals surface area contributed by atoms with E-state index in [-0.39, 0.29) is 11.7 Å². The summed E-state index contributed by atoms with van der Waals surface area (Å²) in [6.45, 7) is 0.570. The maximum absolute atomic E-state index is 13.2. The number of aryl methyl sites for hydroxylation is 1. The molecule has 2 aliphatic rings. The molecule has 2 aromatic rings. The molecule has 0 saturated heterocycles. The summed E-state index contributed by atoms with van der Waals surface area (Å²) >= 11 is 0. The molecule has 4 rings (SSSR count). The second kappa shape index (κ2) is 5.30. The van der Waals surface area contributed by atoms with Crippen molar-refractivity contribution in [3.8, 4) is 5.75 Å². The third-order valence-electron chi connectivity index (χ3n) is 5.04. The normalized spacial score (nSPS) is 25.6. The predicted octanol–water partition coefficient (Wildman–Crippen LogP) is 3.81. The SMILES string of the molecule is COc1ccc([C@@H]2CN=N[C@]23CCc2ccccc2C3=O)cc1. The highest BCUT2D eigenvalue weighted by atomic mass is 16.5. The van der Waals surface area contributed by atoms with Crippen molar-refractivity contribution in [3.05, 3.63) is 65.2 Å². The monoisotopic (exact) mass is 306 g/mol. The summed E-state index contributed by atoms with van der Waals surface area (Å²) in [5.41, 5.74) is 2.29. The number of Topliss-reactive ketones (excluding diaryl/α,β-unsaturated/α-hetero) is 1. The molecule has 4 heteroatoms. The fourth-order valence-corrected chi connectivity index (χ4v) is 3.75. The Hall–Kier alpha value is -2.49. The van der Waals surface area contributed by atoms with Gasteiger partial charge in [0.15, 0.2) is 11.3 Å². The Bertz CT molecular complexity index is 782. The summed E-state index contributed by atoms with van der Waals surface area (Å²) in [4.78, 5) is 13.2. The molecule has 0 N–H and O–H groups in total. The summed E-state index contributed by atoms with van der Waals surface area (Å²) in [5.74, 6) is 0.936. The summed E-state index contributed by atoms with van der Waals surface area (Å²) in [5, 5.41) is 8.71. The van der Waals surface area contributed by atoms with E-state index in [4.69, 9.17) is 4.74 Å². The molecule has 23 heavy (non-hydrogen) atoms. The lowest BCUT2D eigenvalue weighted by Crippen LogP contribution is -2.44. The lowest BCUT2D eigenvalue weighted by molar-refractivity contribution is 0.0853. The number of ketones is 1. The van der Waals surface area contributed by atoms with Gasteiger partial charge < -0.3 is 4.74 Å². The predicted molar refractivity (Wildman–Crippen MR) is 87.3 cm³/mol. The van der Waals surface area contributed by atoms with Gasteiger partial charge in [-0.2, -0.15) is 10.2 Å². The van der Waals surface area contributed by atoms with Gasteiger partial charge in [-0.25, -0.2) is 0 Å². The van der Waals surface area contributed by atoms with E-state index in [9.17, 15) is 4.79 Å². The lowest BCUT2D eigenvalue weighted by atomic mass is 9.68. The van der Waals surface area contributed by atoms with Gasteiger partial charge in [-0.1, -0.05) is 36.4 Å². The molecule has 1 heterocycles. The van der Waals surface area contributed by atoms with E-state index in [1.54, 1.807) is 7.11 Å². The highest BCUT2D eigenvalue weighted by molar-refractivity contribution is 6.06. The van der Waals surface area contributed by atoms with Crippen molar-refractivity contribution < 1.29 is 9.53 Å². The summed E-state index contributed by atoms with van der Waals surface area (Å²) in [6, 6.07) is 15.8. The van der Waals surface area contributed by atoms with Crippen molar-refractivity contribution in [3.63, 3.8) is 0 Å². The van der Waals surface area contributed by atoms with Gasteiger partial charge in [-0.05, 0) is 36.1 Å². The maximum atomic E-state index is 13.2. The van der Waals surface area contributed by atoms with Crippen molar-refractivity contribution in [1.82, 2.24) is 0 Å². The number of benzene rings is 2. The summed E-state index contributed by atoms with van der Waals surface area (Å²) < 4.78 is 5.22. The molecule has 1 aliphatic heterocycles. The molecule has 4 nitrogen and oxygen atoms in total. The van der Waals surface area contributed by atoms with Gasteiger partial charge >= 0.3 is 0 Å². The van der Waals surface area contributed by atoms with Crippen LogP contribution in [0.5, 0.6) is 5.75 Å². The number of carbonyl (C=O) groups excluding carboxylic acids is 1. The van der Waals surface area contributed by atoms with Gasteiger partial charge in [0.25, 0.3) is 0 Å². The van der Waals surface area contributed by atoms with E-state index in [2.05, 4.69) is 10.2 Å². The Morgan fingerprint density at radius 2 is 1.91 bits per heavy atom. The average molecular weight is 306 g/mol. The standard InChI is InChI=1S/C19H18N2O2/c1-23-15-8-6-14(7-9-15)17-12-20-21-19(17)11-10-13-4-2-3-5-16(13)18(19)22/h2-9,17H,10-12H2,1H3/t17-,19+/m0/s1. The first kappa shape index (κ1) is 14.1. The second-order valence-corrected chi connectivity index (χ2v) is 6.16. The van der Waals surface area contributed by atoms with E-state index in [0.717, 1.165) is 35.3 Å². The molecule has 0 aromatic heterocycles. The maximum Gasteiger partial charge on any atom is 0.193 e. The number of carbonyl (C=O) groups is 1. The van der Waals surface area contributed by atoms with E-state index >= 15 is 0 Å². The van der Waals surface area contributed by atoms with Gasteiger partial charge in [-0.15, -0.1) is 0 Å². The van der Waals surface area contributed by atoms with Crippen LogP contribution in [0.15, 0.2) is 58.8 Å². The first-order valence-electron chi connectivity index (χ1n) is 7.90. The molecule has 0 unspecified atom stereocenters. The highest BCUT2D eigenvalue weighted by Gasteiger charge is 2.52. The van der Waals surface area contributed by atoms with Crippen LogP contribution in [0.25, 0.3) is 0 Å². The Labute approximate surface area is 135 Å². The van der Waals surface area contributed by atoms with Crippen LogP contribution in [-0.2, 0) is 6.42 Å². The van der Waals surface area contributed by atoms with Crippen LogP contribution in [0.2, 0.25) is 0 Å². The largest absolute Gasteiger partial charge is 0.497 e. The third-order valence-corrected chi connectivity index (χ3v) is 5.04. The molecular formula is C19H18N2O2. The lowest BCUT2D eigenvalue weighted by Gasteiger charge is -2.34.